The number of benzene rings is 3. The van der Waals surface area contributed by atoms with Gasteiger partial charge in [-0.1, -0.05) is 80.9 Å². The third-order valence-corrected chi connectivity index (χ3v) is 9.85. The van der Waals surface area contributed by atoms with Crippen molar-refractivity contribution >= 4 is 35.5 Å². The van der Waals surface area contributed by atoms with Crippen LogP contribution in [0.4, 0.5) is 10.5 Å². The Morgan fingerprint density at radius 3 is 2.06 bits per heavy atom. The Bertz CT molecular complexity index is 1670. The van der Waals surface area contributed by atoms with Gasteiger partial charge in [0, 0.05) is 30.7 Å². The number of sulfonamides is 1. The SMILES string of the molecule is [2H]C([2H])([2H])OC(=O)N[C@H](C(=O)NCCCC[C@@H](COP(=O)(O)O)N(CC(C)C)S(=O)(=O)c1ccc(N)cc1)C(c1ccccc1)c1ccccc1. The number of amides is 2. The summed E-state index contributed by atoms with van der Waals surface area (Å²) >= 11 is 0. The van der Waals surface area contributed by atoms with E-state index in [9.17, 15) is 32.4 Å². The third kappa shape index (κ3) is 11.7. The molecule has 0 aliphatic carbocycles. The summed E-state index contributed by atoms with van der Waals surface area (Å²) in [5.41, 5.74) is 7.44. The summed E-state index contributed by atoms with van der Waals surface area (Å²) in [7, 11) is -12.2. The van der Waals surface area contributed by atoms with Crippen molar-refractivity contribution in [2.24, 2.45) is 5.92 Å². The average molecular weight is 708 g/mol. The number of phosphoric acid groups is 1. The van der Waals surface area contributed by atoms with Crippen LogP contribution in [-0.2, 0) is 28.6 Å². The average Bonchev–Trinajstić information content (AvgIpc) is 3.04. The minimum absolute atomic E-state index is 0.0265. The first kappa shape index (κ1) is 34.1. The predicted molar refractivity (Wildman–Crippen MR) is 182 cm³/mol. The number of ether oxygens (including phenoxy) is 1. The van der Waals surface area contributed by atoms with E-state index in [0.717, 1.165) is 4.31 Å². The highest BCUT2D eigenvalue weighted by atomic mass is 32.2. The van der Waals surface area contributed by atoms with E-state index in [1.807, 2.05) is 0 Å². The van der Waals surface area contributed by atoms with Crippen LogP contribution < -0.4 is 16.4 Å². The molecular weight excluding hydrogens is 659 g/mol. The van der Waals surface area contributed by atoms with Gasteiger partial charge in [-0.25, -0.2) is 17.8 Å². The zero-order valence-corrected chi connectivity index (χ0v) is 28.5. The monoisotopic (exact) mass is 707 g/mol. The van der Waals surface area contributed by atoms with Crippen molar-refractivity contribution in [1.82, 2.24) is 14.9 Å². The molecule has 3 rings (SSSR count). The normalized spacial score (nSPS) is 14.5. The van der Waals surface area contributed by atoms with Crippen LogP contribution in [0.2, 0.25) is 0 Å². The maximum atomic E-state index is 13.8. The third-order valence-electron chi connectivity index (χ3n) is 7.44. The van der Waals surface area contributed by atoms with E-state index < -0.39 is 61.5 Å². The Balaban J connectivity index is 1.81. The molecule has 262 valence electrons. The first-order valence-corrected chi connectivity index (χ1v) is 18.3. The molecule has 0 unspecified atom stereocenters. The molecule has 0 spiro atoms. The van der Waals surface area contributed by atoms with Gasteiger partial charge in [0.15, 0.2) is 0 Å². The maximum absolute atomic E-state index is 13.8. The summed E-state index contributed by atoms with van der Waals surface area (Å²) in [5, 5.41) is 5.20. The second-order valence-corrected chi connectivity index (χ2v) is 14.7. The van der Waals surface area contributed by atoms with Crippen LogP contribution in [0.25, 0.3) is 0 Å². The van der Waals surface area contributed by atoms with Crippen LogP contribution in [0.15, 0.2) is 89.8 Å². The lowest BCUT2D eigenvalue weighted by Crippen LogP contribution is -2.50. The van der Waals surface area contributed by atoms with Crippen LogP contribution >= 0.6 is 7.82 Å². The first-order valence-electron chi connectivity index (χ1n) is 16.8. The maximum Gasteiger partial charge on any atom is 0.469 e. The lowest BCUT2D eigenvalue weighted by molar-refractivity contribution is -0.123. The minimum atomic E-state index is -4.95. The molecule has 2 atom stereocenters. The summed E-state index contributed by atoms with van der Waals surface area (Å²) < 4.78 is 71.6. The number of methoxy groups -OCH3 is 1. The molecule has 0 bridgehead atoms. The molecule has 3 aromatic rings. The van der Waals surface area contributed by atoms with Crippen LogP contribution in [0.5, 0.6) is 0 Å². The number of hydrogen-bond donors (Lipinski definition) is 5. The van der Waals surface area contributed by atoms with Crippen LogP contribution in [-0.4, -0.2) is 73.3 Å². The Morgan fingerprint density at radius 2 is 1.54 bits per heavy atom. The van der Waals surface area contributed by atoms with Gasteiger partial charge in [0.1, 0.15) is 6.04 Å². The lowest BCUT2D eigenvalue weighted by atomic mass is 9.84. The summed E-state index contributed by atoms with van der Waals surface area (Å²) in [6, 6.07) is 21.0. The summed E-state index contributed by atoms with van der Waals surface area (Å²) in [6.07, 6.45) is -0.613. The van der Waals surface area contributed by atoms with Crippen LogP contribution in [0.3, 0.4) is 0 Å². The Morgan fingerprint density at radius 1 is 0.958 bits per heavy atom. The van der Waals surface area contributed by atoms with Gasteiger partial charge < -0.3 is 30.9 Å². The molecule has 0 saturated carbocycles. The number of phosphoric ester groups is 1. The number of unbranched alkanes of at least 4 members (excludes halogenated alkanes) is 1. The van der Waals surface area contributed by atoms with Gasteiger partial charge in [-0.15, -0.1) is 0 Å². The van der Waals surface area contributed by atoms with E-state index in [1.54, 1.807) is 74.5 Å². The van der Waals surface area contributed by atoms with Gasteiger partial charge in [0.05, 0.1) is 22.7 Å². The summed E-state index contributed by atoms with van der Waals surface area (Å²) in [6.45, 7) is 3.10. The smallest absolute Gasteiger partial charge is 0.453 e. The second kappa shape index (κ2) is 18.1. The number of carbonyl (C=O) groups excluding carboxylic acids is 2. The van der Waals surface area contributed by atoms with E-state index in [2.05, 4.69) is 15.4 Å². The second-order valence-electron chi connectivity index (χ2n) is 11.6. The Hall–Kier alpha value is -3.78. The Kier molecular flexibility index (Phi) is 12.9. The molecule has 48 heavy (non-hydrogen) atoms. The molecule has 15 heteroatoms. The van der Waals surface area contributed by atoms with Crippen LogP contribution in [0, 0.1) is 5.92 Å². The standard InChI is InChI=1S/C33H45N4O9PS/c1-24(2)22-37(48(43,44)29-19-17-27(34)18-20-29)28(23-46-47(40,41)42)16-10-11-21-35-32(38)31(36-33(39)45-3)30(25-12-6-4-7-13-25)26-14-8-5-9-15-26/h4-9,12-15,17-20,24,28,30-31H,10-11,16,21-23,34H2,1-3H3,(H,35,38)(H,36,39)(H2,40,41,42)/t28-,31-/m0/s1/i3D3. The molecule has 6 N–H and O–H groups in total. The van der Waals surface area contributed by atoms with E-state index in [0.29, 0.717) is 29.7 Å². The van der Waals surface area contributed by atoms with Crippen molar-refractivity contribution in [3.63, 3.8) is 0 Å². The molecule has 0 aromatic heterocycles. The number of nitrogens with two attached hydrogens (primary N) is 1. The topological polar surface area (TPSA) is 198 Å². The van der Waals surface area contributed by atoms with Gasteiger partial charge >= 0.3 is 13.9 Å². The number of anilines is 1. The molecule has 0 saturated heterocycles. The molecule has 0 aliphatic heterocycles. The van der Waals surface area contributed by atoms with E-state index in [-0.39, 0.29) is 30.3 Å². The van der Waals surface area contributed by atoms with Gasteiger partial charge in [-0.3, -0.25) is 9.32 Å². The molecule has 0 heterocycles. The van der Waals surface area contributed by atoms with Crippen molar-refractivity contribution in [1.29, 1.82) is 0 Å². The van der Waals surface area contributed by atoms with Gasteiger partial charge in [0.25, 0.3) is 0 Å². The fourth-order valence-corrected chi connectivity index (χ4v) is 7.42. The quantitative estimate of drug-likeness (QED) is 0.0725. The van der Waals surface area contributed by atoms with Crippen LogP contribution in [0.1, 0.15) is 54.3 Å². The number of alkyl carbamates (subject to hydrolysis) is 1. The molecule has 0 radical (unpaired) electrons. The molecule has 0 aliphatic rings. The highest BCUT2D eigenvalue weighted by Gasteiger charge is 2.35. The molecule has 0 fully saturated rings. The summed E-state index contributed by atoms with van der Waals surface area (Å²) in [4.78, 5) is 45.2. The minimum Gasteiger partial charge on any atom is -0.453 e. The number of nitrogen functional groups attached to an aromatic ring is 1. The van der Waals surface area contributed by atoms with E-state index >= 15 is 0 Å². The summed E-state index contributed by atoms with van der Waals surface area (Å²) in [5.74, 6) is -1.54. The first-order chi connectivity index (χ1) is 23.9. The van der Waals surface area contributed by atoms with E-state index in [4.69, 9.17) is 14.4 Å². The highest BCUT2D eigenvalue weighted by Crippen LogP contribution is 2.37. The number of nitrogens with zero attached hydrogens (tertiary/aromatic N) is 1. The zero-order valence-electron chi connectivity index (χ0n) is 29.8. The highest BCUT2D eigenvalue weighted by molar-refractivity contribution is 7.89. The van der Waals surface area contributed by atoms with Crippen molar-refractivity contribution in [3.05, 3.63) is 96.1 Å². The fourth-order valence-electron chi connectivity index (χ4n) is 5.25. The van der Waals surface area contributed by atoms with Gasteiger partial charge in [-0.05, 0) is 54.2 Å². The van der Waals surface area contributed by atoms with Crippen molar-refractivity contribution in [2.45, 2.75) is 56.0 Å². The molecule has 13 nitrogen and oxygen atoms in total. The number of rotatable bonds is 18. The van der Waals surface area contributed by atoms with E-state index in [1.165, 1.54) is 24.3 Å². The molecule has 2 amide bonds. The van der Waals surface area contributed by atoms with Crippen molar-refractivity contribution in [3.8, 4) is 0 Å². The number of nitrogens with one attached hydrogen (secondary N) is 2. The predicted octanol–water partition coefficient (Wildman–Crippen LogP) is 4.24. The van der Waals surface area contributed by atoms with Gasteiger partial charge in [0.2, 0.25) is 15.9 Å². The number of hydrogen-bond acceptors (Lipinski definition) is 8. The lowest BCUT2D eigenvalue weighted by Gasteiger charge is -2.32. The Labute approximate surface area is 286 Å². The molecule has 3 aromatic carbocycles. The fraction of sp³-hybridized carbons (Fsp3) is 0.394. The van der Waals surface area contributed by atoms with Crippen molar-refractivity contribution < 1.29 is 45.7 Å². The van der Waals surface area contributed by atoms with Gasteiger partial charge in [-0.2, -0.15) is 4.31 Å². The molecular formula is C33H45N4O9PS. The largest absolute Gasteiger partial charge is 0.469 e. The van der Waals surface area contributed by atoms with Crippen molar-refractivity contribution in [2.75, 3.05) is 32.5 Å². The zero-order chi connectivity index (χ0) is 37.8. The number of carbonyl (C=O) groups is 2.